The molecule has 0 spiro atoms. The van der Waals surface area contributed by atoms with E-state index in [0.717, 1.165) is 19.9 Å². The summed E-state index contributed by atoms with van der Waals surface area (Å²) in [5.41, 5.74) is 7.12. The first-order valence-electron chi connectivity index (χ1n) is 15.8. The highest BCUT2D eigenvalue weighted by Gasteiger charge is 2.10. The van der Waals surface area contributed by atoms with Gasteiger partial charge in [0.15, 0.2) is 0 Å². The highest BCUT2D eigenvalue weighted by atomic mass is 16.2. The topological polar surface area (TPSA) is 43.7 Å². The van der Waals surface area contributed by atoms with Gasteiger partial charge in [-0.1, -0.05) is 179 Å². The van der Waals surface area contributed by atoms with Gasteiger partial charge in [-0.25, -0.2) is 0 Å². The summed E-state index contributed by atoms with van der Waals surface area (Å²) in [6.07, 6.45) is 16.9. The fourth-order valence-corrected chi connectivity index (χ4v) is 4.48. The highest BCUT2D eigenvalue weighted by Crippen LogP contribution is 2.33. The maximum atomic E-state index is 7.00. The van der Waals surface area contributed by atoms with Crippen molar-refractivity contribution in [1.29, 1.82) is 0 Å². The molecule has 0 aliphatic heterocycles. The Hall–Kier alpha value is -4.96. The smallest absolute Gasteiger partial charge is 0.0488 e. The van der Waals surface area contributed by atoms with Gasteiger partial charge in [-0.05, 0) is 45.8 Å². The van der Waals surface area contributed by atoms with Crippen LogP contribution in [0.1, 0.15) is 49.9 Å². The molecule has 0 aromatic heterocycles. The van der Waals surface area contributed by atoms with E-state index in [1.54, 1.807) is 0 Å². The van der Waals surface area contributed by atoms with Gasteiger partial charge < -0.3 is 15.1 Å². The number of aliphatic hydroxyl groups excluding tert-OH is 2. The molecule has 0 bridgehead atoms. The van der Waals surface area contributed by atoms with Crippen LogP contribution in [0.25, 0.3) is 35.1 Å². The van der Waals surface area contributed by atoms with Crippen LogP contribution in [-0.2, 0) is 0 Å². The van der Waals surface area contributed by atoms with E-state index in [0.29, 0.717) is 0 Å². The van der Waals surface area contributed by atoms with E-state index in [1.165, 1.54) is 38.7 Å². The molecular weight excluding hydrogens is 562 g/mol. The van der Waals surface area contributed by atoms with Crippen LogP contribution in [0.3, 0.4) is 0 Å². The Morgan fingerprint density at radius 3 is 1.28 bits per heavy atom. The minimum atomic E-state index is 1.00. The highest BCUT2D eigenvalue weighted by molar-refractivity contribution is 6.00. The molecule has 0 unspecified atom stereocenters. The summed E-state index contributed by atoms with van der Waals surface area (Å²) < 4.78 is 0. The maximum Gasteiger partial charge on any atom is 0.0488 e. The van der Waals surface area contributed by atoms with E-state index >= 15 is 0 Å². The third-order valence-corrected chi connectivity index (χ3v) is 6.54. The van der Waals surface area contributed by atoms with Crippen molar-refractivity contribution in [2.75, 3.05) is 26.2 Å². The second-order valence-electron chi connectivity index (χ2n) is 9.13. The second-order valence-corrected chi connectivity index (χ2v) is 9.13. The molecule has 0 aliphatic carbocycles. The lowest BCUT2D eigenvalue weighted by Gasteiger charge is -2.22. The molecule has 5 aromatic carbocycles. The van der Waals surface area contributed by atoms with Crippen molar-refractivity contribution in [3.05, 3.63) is 168 Å². The average Bonchev–Trinajstić information content (AvgIpc) is 3.16. The first-order chi connectivity index (χ1) is 22.8. The van der Waals surface area contributed by atoms with Crippen molar-refractivity contribution < 1.29 is 10.2 Å². The Morgan fingerprint density at radius 1 is 0.413 bits per heavy atom. The van der Waals surface area contributed by atoms with Gasteiger partial charge >= 0.3 is 0 Å². The minimum Gasteiger partial charge on any atom is -0.400 e. The number of hydrogen-bond acceptors (Lipinski definition) is 3. The predicted octanol–water partition coefficient (Wildman–Crippen LogP) is 11.3. The Morgan fingerprint density at radius 2 is 0.804 bits per heavy atom. The van der Waals surface area contributed by atoms with Crippen molar-refractivity contribution >= 4 is 46.5 Å². The summed E-state index contributed by atoms with van der Waals surface area (Å²) in [6.45, 7) is 8.00. The molecular formula is C43H51NO2. The summed E-state index contributed by atoms with van der Waals surface area (Å²) in [7, 11) is 4.13. The molecule has 3 heteroatoms. The van der Waals surface area contributed by atoms with Gasteiger partial charge in [0.2, 0.25) is 0 Å². The zero-order chi connectivity index (χ0) is 34.0. The summed E-state index contributed by atoms with van der Waals surface area (Å²) in [5.74, 6) is 0. The zero-order valence-corrected chi connectivity index (χ0v) is 28.5. The van der Waals surface area contributed by atoms with Gasteiger partial charge in [-0.15, -0.1) is 0 Å². The van der Waals surface area contributed by atoms with Crippen LogP contribution in [0.4, 0.5) is 11.4 Å². The van der Waals surface area contributed by atoms with Crippen molar-refractivity contribution in [2.45, 2.75) is 27.7 Å². The first kappa shape index (κ1) is 39.1. The molecule has 0 amide bonds. The third-order valence-electron chi connectivity index (χ3n) is 6.54. The van der Waals surface area contributed by atoms with Gasteiger partial charge in [-0.3, -0.25) is 0 Å². The first-order valence-corrected chi connectivity index (χ1v) is 15.8. The molecule has 0 aliphatic rings. The Kier molecular flexibility index (Phi) is 20.7. The van der Waals surface area contributed by atoms with Crippen molar-refractivity contribution in [1.82, 2.24) is 0 Å². The molecule has 0 saturated heterocycles. The summed E-state index contributed by atoms with van der Waals surface area (Å²) in [6, 6.07) is 42.4. The van der Waals surface area contributed by atoms with E-state index in [4.69, 9.17) is 10.2 Å². The van der Waals surface area contributed by atoms with Crippen LogP contribution in [0.2, 0.25) is 0 Å². The van der Waals surface area contributed by atoms with Crippen molar-refractivity contribution in [2.24, 2.45) is 0 Å². The van der Waals surface area contributed by atoms with Crippen LogP contribution >= 0.6 is 0 Å². The molecule has 5 aromatic rings. The zero-order valence-electron chi connectivity index (χ0n) is 28.5. The number of fused-ring (bicyclic) bond motifs is 1. The van der Waals surface area contributed by atoms with E-state index in [-0.39, 0.29) is 0 Å². The number of aliphatic hydroxyl groups is 2. The van der Waals surface area contributed by atoms with Crippen LogP contribution in [0.5, 0.6) is 0 Å². The molecule has 5 rings (SSSR count). The normalized spacial score (nSPS) is 10.4. The molecule has 0 atom stereocenters. The maximum absolute atomic E-state index is 7.00. The summed E-state index contributed by atoms with van der Waals surface area (Å²) in [5, 5.41) is 16.5. The minimum absolute atomic E-state index is 1.00. The van der Waals surface area contributed by atoms with Crippen LogP contribution in [0.15, 0.2) is 146 Å². The van der Waals surface area contributed by atoms with Gasteiger partial charge in [0.05, 0.1) is 0 Å². The lowest BCUT2D eigenvalue weighted by Crippen LogP contribution is -2.10. The molecule has 0 radical (unpaired) electrons. The molecule has 46 heavy (non-hydrogen) atoms. The lowest BCUT2D eigenvalue weighted by atomic mass is 10.0. The number of hydrogen-bond donors (Lipinski definition) is 2. The predicted molar refractivity (Wildman–Crippen MR) is 206 cm³/mol. The fraction of sp³-hybridized carbons (Fsp3) is 0.163. The summed E-state index contributed by atoms with van der Waals surface area (Å²) in [4.78, 5) is 2.26. The Labute approximate surface area is 277 Å². The fourth-order valence-electron chi connectivity index (χ4n) is 4.48. The number of benzene rings is 5. The quantitative estimate of drug-likeness (QED) is 0.171. The van der Waals surface area contributed by atoms with E-state index in [9.17, 15) is 0 Å². The van der Waals surface area contributed by atoms with E-state index < -0.39 is 0 Å². The average molecular weight is 614 g/mol. The standard InChI is InChI=1S/C37H31N.2C2H6.2CH4O/c1-38(34-27-24-32(25-28-34)20-9-8-18-30-14-4-2-5-15-30)37-29-26-33(35-22-12-13-23-36(35)37)21-11-10-19-31-16-6-3-7-17-31;4*1-2/h2-29H,1H3;2*1-2H3;2*2H,1H3. The van der Waals surface area contributed by atoms with E-state index in [2.05, 4.69) is 170 Å². The van der Waals surface area contributed by atoms with Crippen molar-refractivity contribution in [3.63, 3.8) is 0 Å². The third kappa shape index (κ3) is 12.6. The number of rotatable bonds is 8. The van der Waals surface area contributed by atoms with Gasteiger partial charge in [-0.2, -0.15) is 0 Å². The lowest BCUT2D eigenvalue weighted by molar-refractivity contribution is 0.399. The molecule has 0 heterocycles. The Bertz CT molecular complexity index is 1600. The molecule has 3 nitrogen and oxygen atoms in total. The van der Waals surface area contributed by atoms with Crippen molar-refractivity contribution in [3.8, 4) is 0 Å². The van der Waals surface area contributed by atoms with Crippen LogP contribution in [-0.4, -0.2) is 31.5 Å². The number of allylic oxidation sites excluding steroid dienone is 4. The van der Waals surface area contributed by atoms with Crippen LogP contribution < -0.4 is 4.90 Å². The number of anilines is 2. The van der Waals surface area contributed by atoms with Gasteiger partial charge in [0.25, 0.3) is 0 Å². The van der Waals surface area contributed by atoms with E-state index in [1.807, 2.05) is 39.8 Å². The molecule has 0 fully saturated rings. The van der Waals surface area contributed by atoms with Crippen LogP contribution in [0, 0.1) is 0 Å². The van der Waals surface area contributed by atoms with Gasteiger partial charge in [0, 0.05) is 38.0 Å². The monoisotopic (exact) mass is 613 g/mol. The largest absolute Gasteiger partial charge is 0.400 e. The molecule has 240 valence electrons. The SMILES string of the molecule is CC.CC.CN(c1ccc(C=CC=Cc2ccccc2)cc1)c1ccc(C=CC=Cc2ccccc2)c2ccccc12.CO.CO. The van der Waals surface area contributed by atoms with Gasteiger partial charge in [0.1, 0.15) is 0 Å². The number of nitrogens with zero attached hydrogens (tertiary/aromatic N) is 1. The molecule has 0 saturated carbocycles. The molecule has 2 N–H and O–H groups in total. The Balaban J connectivity index is 0.00000123. The second kappa shape index (κ2) is 24.4. The summed E-state index contributed by atoms with van der Waals surface area (Å²) >= 11 is 0.